The molecule has 86 valence electrons. The molecule has 0 N–H and O–H groups in total. The van der Waals surface area contributed by atoms with Crippen LogP contribution in [0.5, 0.6) is 0 Å². The lowest BCUT2D eigenvalue weighted by molar-refractivity contribution is 0.101. The number of thiol groups is 1. The van der Waals surface area contributed by atoms with Gasteiger partial charge in [-0.2, -0.15) is 0 Å². The van der Waals surface area contributed by atoms with Crippen LogP contribution in [0.25, 0.3) is 0 Å². The Hall–Kier alpha value is -1.26. The molecular weight excluding hydrogens is 298 g/mol. The minimum atomic E-state index is -0.152. The zero-order valence-electron chi connectivity index (χ0n) is 8.88. The van der Waals surface area contributed by atoms with Gasteiger partial charge in [0.1, 0.15) is 0 Å². The van der Waals surface area contributed by atoms with Crippen LogP contribution < -0.4 is 4.31 Å². The predicted molar refractivity (Wildman–Crippen MR) is 76.4 cm³/mol. The van der Waals surface area contributed by atoms with Crippen molar-refractivity contribution in [2.75, 3.05) is 4.31 Å². The molecule has 2 rings (SSSR count). The molecule has 1 amide bonds. The molecule has 0 fully saturated rings. The molecule has 2 aromatic carbocycles. The third-order valence-corrected chi connectivity index (χ3v) is 3.36. The van der Waals surface area contributed by atoms with E-state index in [1.165, 1.54) is 4.31 Å². The summed E-state index contributed by atoms with van der Waals surface area (Å²) in [5, 5.41) is 0. The van der Waals surface area contributed by atoms with Gasteiger partial charge in [0.15, 0.2) is 0 Å². The maximum Gasteiger partial charge on any atom is 0.268 e. The molecule has 2 nitrogen and oxygen atoms in total. The number of hydrogen-bond acceptors (Lipinski definition) is 2. The van der Waals surface area contributed by atoms with Crippen molar-refractivity contribution in [3.63, 3.8) is 0 Å². The van der Waals surface area contributed by atoms with E-state index in [9.17, 15) is 4.79 Å². The maximum atomic E-state index is 12.1. The number of nitrogens with zero attached hydrogens (tertiary/aromatic N) is 1. The first-order valence-corrected chi connectivity index (χ1v) is 6.22. The molecule has 0 radical (unpaired) electrons. The fourth-order valence-corrected chi connectivity index (χ4v) is 2.32. The van der Waals surface area contributed by atoms with Crippen LogP contribution in [-0.4, -0.2) is 5.91 Å². The fourth-order valence-electron chi connectivity index (χ4n) is 1.44. The number of amides is 1. The number of carbonyl (C=O) groups excluding carboxylic acids is 1. The van der Waals surface area contributed by atoms with Crippen LogP contribution in [0.3, 0.4) is 0 Å². The van der Waals surface area contributed by atoms with Crippen molar-refractivity contribution in [2.45, 2.75) is 0 Å². The van der Waals surface area contributed by atoms with Gasteiger partial charge in [0.2, 0.25) is 0 Å². The standard InChI is InChI=1S/C13H10BrNOS/c14-11-8-4-5-9-12(11)15(17)13(16)10-6-2-1-3-7-10/h1-9,17H. The summed E-state index contributed by atoms with van der Waals surface area (Å²) in [5.41, 5.74) is 1.34. The maximum absolute atomic E-state index is 12.1. The first-order valence-electron chi connectivity index (χ1n) is 5.03. The number of rotatable bonds is 2. The van der Waals surface area contributed by atoms with E-state index in [4.69, 9.17) is 0 Å². The summed E-state index contributed by atoms with van der Waals surface area (Å²) in [4.78, 5) is 12.1. The van der Waals surface area contributed by atoms with E-state index in [0.29, 0.717) is 5.56 Å². The van der Waals surface area contributed by atoms with Crippen molar-refractivity contribution in [1.82, 2.24) is 0 Å². The molecule has 0 atom stereocenters. The molecule has 0 unspecified atom stereocenters. The number of carbonyl (C=O) groups is 1. The summed E-state index contributed by atoms with van der Waals surface area (Å²) >= 11 is 7.64. The first kappa shape index (κ1) is 12.2. The highest BCUT2D eigenvalue weighted by atomic mass is 79.9. The summed E-state index contributed by atoms with van der Waals surface area (Å²) in [6.45, 7) is 0. The van der Waals surface area contributed by atoms with Crippen LogP contribution in [0.1, 0.15) is 10.4 Å². The van der Waals surface area contributed by atoms with E-state index in [2.05, 4.69) is 28.7 Å². The minimum Gasteiger partial charge on any atom is -0.268 e. The van der Waals surface area contributed by atoms with Gasteiger partial charge in [0, 0.05) is 10.0 Å². The number of hydrogen-bond donors (Lipinski definition) is 1. The molecule has 0 saturated heterocycles. The number of halogens is 1. The molecule has 17 heavy (non-hydrogen) atoms. The molecule has 0 heterocycles. The Morgan fingerprint density at radius 1 is 1.00 bits per heavy atom. The monoisotopic (exact) mass is 307 g/mol. The Kier molecular flexibility index (Phi) is 3.86. The van der Waals surface area contributed by atoms with Gasteiger partial charge in [-0.05, 0) is 40.2 Å². The fraction of sp³-hybridized carbons (Fsp3) is 0. The van der Waals surface area contributed by atoms with Gasteiger partial charge >= 0.3 is 0 Å². The Balaban J connectivity index is 2.30. The summed E-state index contributed by atoms with van der Waals surface area (Å²) in [5.74, 6) is -0.152. The Labute approximate surface area is 114 Å². The highest BCUT2D eigenvalue weighted by Gasteiger charge is 2.15. The second kappa shape index (κ2) is 5.38. The van der Waals surface area contributed by atoms with Crippen LogP contribution in [0, 0.1) is 0 Å². The van der Waals surface area contributed by atoms with Crippen molar-refractivity contribution in [3.05, 3.63) is 64.6 Å². The van der Waals surface area contributed by atoms with Crippen LogP contribution in [-0.2, 0) is 0 Å². The molecule has 0 aliphatic carbocycles. The summed E-state index contributed by atoms with van der Waals surface area (Å²) in [6.07, 6.45) is 0. The molecule has 0 spiro atoms. The zero-order chi connectivity index (χ0) is 12.3. The topological polar surface area (TPSA) is 20.3 Å². The molecule has 0 aromatic heterocycles. The lowest BCUT2D eigenvalue weighted by atomic mass is 10.2. The average molecular weight is 308 g/mol. The molecular formula is C13H10BrNOS. The van der Waals surface area contributed by atoms with Crippen molar-refractivity contribution in [3.8, 4) is 0 Å². The number of para-hydroxylation sites is 1. The SMILES string of the molecule is O=C(c1ccccc1)N(S)c1ccccc1Br. The second-order valence-electron chi connectivity index (χ2n) is 3.43. The molecule has 0 aliphatic heterocycles. The van der Waals surface area contributed by atoms with Gasteiger partial charge in [-0.25, -0.2) is 0 Å². The number of benzene rings is 2. The van der Waals surface area contributed by atoms with Crippen LogP contribution in [0.15, 0.2) is 59.1 Å². The van der Waals surface area contributed by atoms with Crippen molar-refractivity contribution >= 4 is 40.3 Å². The van der Waals surface area contributed by atoms with E-state index in [1.807, 2.05) is 42.5 Å². The van der Waals surface area contributed by atoms with E-state index < -0.39 is 0 Å². The molecule has 0 bridgehead atoms. The third-order valence-electron chi connectivity index (χ3n) is 2.29. The predicted octanol–water partition coefficient (Wildman–Crippen LogP) is 3.94. The van der Waals surface area contributed by atoms with E-state index in [1.54, 1.807) is 12.1 Å². The van der Waals surface area contributed by atoms with E-state index in [-0.39, 0.29) is 5.91 Å². The van der Waals surface area contributed by atoms with Crippen LogP contribution >= 0.6 is 28.7 Å². The van der Waals surface area contributed by atoms with E-state index in [0.717, 1.165) is 10.2 Å². The second-order valence-corrected chi connectivity index (χ2v) is 4.69. The van der Waals surface area contributed by atoms with Gasteiger partial charge in [-0.15, -0.1) is 0 Å². The Morgan fingerprint density at radius 2 is 1.59 bits per heavy atom. The minimum absolute atomic E-state index is 0.152. The Bertz CT molecular complexity index is 530. The first-order chi connectivity index (χ1) is 8.20. The highest BCUT2D eigenvalue weighted by Crippen LogP contribution is 2.28. The lowest BCUT2D eigenvalue weighted by Gasteiger charge is -2.17. The van der Waals surface area contributed by atoms with Gasteiger partial charge in [-0.3, -0.25) is 9.10 Å². The van der Waals surface area contributed by atoms with Crippen molar-refractivity contribution in [2.24, 2.45) is 0 Å². The summed E-state index contributed by atoms with van der Waals surface area (Å²) < 4.78 is 2.17. The summed E-state index contributed by atoms with van der Waals surface area (Å²) in [7, 11) is 0. The smallest absolute Gasteiger partial charge is 0.268 e. The van der Waals surface area contributed by atoms with E-state index >= 15 is 0 Å². The summed E-state index contributed by atoms with van der Waals surface area (Å²) in [6, 6.07) is 16.5. The average Bonchev–Trinajstić information content (AvgIpc) is 2.39. The zero-order valence-corrected chi connectivity index (χ0v) is 11.4. The van der Waals surface area contributed by atoms with Gasteiger partial charge < -0.3 is 0 Å². The highest BCUT2D eigenvalue weighted by molar-refractivity contribution is 9.10. The number of anilines is 1. The third kappa shape index (κ3) is 2.70. The van der Waals surface area contributed by atoms with Crippen molar-refractivity contribution in [1.29, 1.82) is 0 Å². The molecule has 0 saturated carbocycles. The lowest BCUT2D eigenvalue weighted by Crippen LogP contribution is -2.21. The van der Waals surface area contributed by atoms with Gasteiger partial charge in [0.05, 0.1) is 5.69 Å². The van der Waals surface area contributed by atoms with Gasteiger partial charge in [0.25, 0.3) is 5.91 Å². The Morgan fingerprint density at radius 3 is 2.24 bits per heavy atom. The van der Waals surface area contributed by atoms with Crippen LogP contribution in [0.4, 0.5) is 5.69 Å². The normalized spacial score (nSPS) is 10.0. The molecule has 0 aliphatic rings. The molecule has 2 aromatic rings. The largest absolute Gasteiger partial charge is 0.268 e. The van der Waals surface area contributed by atoms with Crippen molar-refractivity contribution < 1.29 is 4.79 Å². The molecule has 4 heteroatoms. The van der Waals surface area contributed by atoms with Crippen LogP contribution in [0.2, 0.25) is 0 Å². The quantitative estimate of drug-likeness (QED) is 0.833. The van der Waals surface area contributed by atoms with Gasteiger partial charge in [-0.1, -0.05) is 43.1 Å².